The summed E-state index contributed by atoms with van der Waals surface area (Å²) in [4.78, 5) is 4.42. The van der Waals surface area contributed by atoms with Crippen LogP contribution in [-0.2, 0) is 0 Å². The zero-order chi connectivity index (χ0) is 10.7. The Balaban J connectivity index is 2.04. The van der Waals surface area contributed by atoms with Gasteiger partial charge in [-0.05, 0) is 23.6 Å². The van der Waals surface area contributed by atoms with Crippen LogP contribution in [0.5, 0.6) is 0 Å². The molecule has 3 heteroatoms. The van der Waals surface area contributed by atoms with Gasteiger partial charge >= 0.3 is 0 Å². The van der Waals surface area contributed by atoms with Crippen LogP contribution in [0, 0.1) is 0 Å². The topological polar surface area (TPSA) is 24.4 Å². The van der Waals surface area contributed by atoms with E-state index in [0.717, 1.165) is 29.8 Å². The third-order valence-corrected chi connectivity index (χ3v) is 3.15. The lowest BCUT2D eigenvalue weighted by Gasteiger charge is -2.12. The van der Waals surface area contributed by atoms with Crippen LogP contribution in [-0.4, -0.2) is 18.9 Å². The van der Waals surface area contributed by atoms with Crippen molar-refractivity contribution in [1.29, 1.82) is 0 Å². The maximum atomic E-state index is 4.42. The SMILES string of the molecule is CC(CC1=NCCN1)c1cccc(Br)c1. The van der Waals surface area contributed by atoms with E-state index in [1.165, 1.54) is 5.56 Å². The fraction of sp³-hybridized carbons (Fsp3) is 0.417. The quantitative estimate of drug-likeness (QED) is 0.894. The van der Waals surface area contributed by atoms with E-state index in [1.807, 2.05) is 0 Å². The molecule has 0 spiro atoms. The van der Waals surface area contributed by atoms with E-state index >= 15 is 0 Å². The molecule has 2 nitrogen and oxygen atoms in total. The summed E-state index contributed by atoms with van der Waals surface area (Å²) in [5.41, 5.74) is 1.36. The highest BCUT2D eigenvalue weighted by Crippen LogP contribution is 2.22. The first-order chi connectivity index (χ1) is 7.25. The second kappa shape index (κ2) is 4.79. The third-order valence-electron chi connectivity index (χ3n) is 2.66. The number of rotatable bonds is 3. The third kappa shape index (κ3) is 2.81. The number of aliphatic imine (C=N–C) groups is 1. The average molecular weight is 267 g/mol. The summed E-state index contributed by atoms with van der Waals surface area (Å²) < 4.78 is 1.15. The molecule has 1 atom stereocenters. The first-order valence-corrected chi connectivity index (χ1v) is 6.07. The van der Waals surface area contributed by atoms with Crippen LogP contribution in [0.25, 0.3) is 0 Å². The van der Waals surface area contributed by atoms with Crippen molar-refractivity contribution in [2.75, 3.05) is 13.1 Å². The Bertz CT molecular complexity index is 374. The summed E-state index contributed by atoms with van der Waals surface area (Å²) in [5, 5.41) is 3.31. The monoisotopic (exact) mass is 266 g/mol. The van der Waals surface area contributed by atoms with Crippen LogP contribution >= 0.6 is 15.9 Å². The van der Waals surface area contributed by atoms with Gasteiger partial charge in [-0.2, -0.15) is 0 Å². The molecule has 0 aliphatic carbocycles. The molecule has 1 aliphatic rings. The van der Waals surface area contributed by atoms with E-state index in [4.69, 9.17) is 0 Å². The Morgan fingerprint density at radius 3 is 3.07 bits per heavy atom. The molecule has 1 heterocycles. The molecule has 1 N–H and O–H groups in total. The zero-order valence-corrected chi connectivity index (χ0v) is 10.4. The minimum absolute atomic E-state index is 0.520. The van der Waals surface area contributed by atoms with Gasteiger partial charge in [-0.1, -0.05) is 35.0 Å². The van der Waals surface area contributed by atoms with Crippen molar-refractivity contribution in [2.24, 2.45) is 4.99 Å². The minimum atomic E-state index is 0.520. The van der Waals surface area contributed by atoms with Gasteiger partial charge in [0.25, 0.3) is 0 Å². The first kappa shape index (κ1) is 10.7. The Kier molecular flexibility index (Phi) is 3.41. The molecule has 1 aromatic carbocycles. The van der Waals surface area contributed by atoms with Crippen molar-refractivity contribution in [1.82, 2.24) is 5.32 Å². The molecular formula is C12H15BrN2. The number of benzene rings is 1. The van der Waals surface area contributed by atoms with Crippen molar-refractivity contribution in [3.63, 3.8) is 0 Å². The number of nitrogens with zero attached hydrogens (tertiary/aromatic N) is 1. The number of nitrogens with one attached hydrogen (secondary N) is 1. The average Bonchev–Trinajstić information content (AvgIpc) is 2.70. The predicted octanol–water partition coefficient (Wildman–Crippen LogP) is 2.94. The normalized spacial score (nSPS) is 17.1. The van der Waals surface area contributed by atoms with Crippen LogP contribution in [0.15, 0.2) is 33.7 Å². The van der Waals surface area contributed by atoms with E-state index in [-0.39, 0.29) is 0 Å². The molecule has 0 saturated heterocycles. The van der Waals surface area contributed by atoms with E-state index in [2.05, 4.69) is 57.4 Å². The number of hydrogen-bond acceptors (Lipinski definition) is 2. The van der Waals surface area contributed by atoms with E-state index in [1.54, 1.807) is 0 Å². The van der Waals surface area contributed by atoms with Crippen molar-refractivity contribution in [3.05, 3.63) is 34.3 Å². The van der Waals surface area contributed by atoms with E-state index in [9.17, 15) is 0 Å². The van der Waals surface area contributed by atoms with Crippen molar-refractivity contribution in [3.8, 4) is 0 Å². The van der Waals surface area contributed by atoms with Gasteiger partial charge in [0.2, 0.25) is 0 Å². The highest BCUT2D eigenvalue weighted by Gasteiger charge is 2.11. The first-order valence-electron chi connectivity index (χ1n) is 5.28. The van der Waals surface area contributed by atoms with Gasteiger partial charge < -0.3 is 5.32 Å². The van der Waals surface area contributed by atoms with Crippen LogP contribution in [0.2, 0.25) is 0 Å². The molecule has 80 valence electrons. The summed E-state index contributed by atoms with van der Waals surface area (Å²) in [6, 6.07) is 8.49. The molecule has 0 radical (unpaired) electrons. The molecule has 1 unspecified atom stereocenters. The minimum Gasteiger partial charge on any atom is -0.372 e. The Morgan fingerprint density at radius 1 is 1.53 bits per heavy atom. The number of amidine groups is 1. The molecular weight excluding hydrogens is 252 g/mol. The lowest BCUT2D eigenvalue weighted by molar-refractivity contribution is 0.788. The van der Waals surface area contributed by atoms with Crippen molar-refractivity contribution < 1.29 is 0 Å². The summed E-state index contributed by atoms with van der Waals surface area (Å²) in [6.07, 6.45) is 1.01. The summed E-state index contributed by atoms with van der Waals surface area (Å²) in [5.74, 6) is 1.68. The second-order valence-corrected chi connectivity index (χ2v) is 4.83. The van der Waals surface area contributed by atoms with Crippen molar-refractivity contribution >= 4 is 21.8 Å². The predicted molar refractivity (Wildman–Crippen MR) is 67.5 cm³/mol. The van der Waals surface area contributed by atoms with Gasteiger partial charge in [0.05, 0.1) is 12.4 Å². The van der Waals surface area contributed by atoms with Crippen molar-refractivity contribution in [2.45, 2.75) is 19.3 Å². The standard InChI is InChI=1S/C12H15BrN2/c1-9(7-12-14-5-6-15-12)10-3-2-4-11(13)8-10/h2-4,8-9H,5-7H2,1H3,(H,14,15). The van der Waals surface area contributed by atoms with E-state index in [0.29, 0.717) is 5.92 Å². The van der Waals surface area contributed by atoms with Gasteiger partial charge in [0.1, 0.15) is 0 Å². The maximum absolute atomic E-state index is 4.42. The maximum Gasteiger partial charge on any atom is 0.0970 e. The summed E-state index contributed by atoms with van der Waals surface area (Å²) >= 11 is 3.50. The summed E-state index contributed by atoms with van der Waals surface area (Å²) in [6.45, 7) is 4.17. The lowest BCUT2D eigenvalue weighted by Crippen LogP contribution is -2.20. The molecule has 15 heavy (non-hydrogen) atoms. The fourth-order valence-corrected chi connectivity index (χ4v) is 2.22. The zero-order valence-electron chi connectivity index (χ0n) is 8.83. The molecule has 2 rings (SSSR count). The van der Waals surface area contributed by atoms with Gasteiger partial charge in [-0.3, -0.25) is 4.99 Å². The van der Waals surface area contributed by atoms with Gasteiger partial charge in [-0.15, -0.1) is 0 Å². The molecule has 0 aromatic heterocycles. The van der Waals surface area contributed by atoms with Gasteiger partial charge in [0, 0.05) is 17.4 Å². The fourth-order valence-electron chi connectivity index (χ4n) is 1.80. The molecule has 0 fully saturated rings. The largest absolute Gasteiger partial charge is 0.372 e. The van der Waals surface area contributed by atoms with Crippen LogP contribution < -0.4 is 5.32 Å². The molecule has 0 amide bonds. The molecule has 1 aromatic rings. The molecule has 1 aliphatic heterocycles. The van der Waals surface area contributed by atoms with E-state index < -0.39 is 0 Å². The molecule has 0 bridgehead atoms. The van der Waals surface area contributed by atoms with Gasteiger partial charge in [-0.25, -0.2) is 0 Å². The highest BCUT2D eigenvalue weighted by atomic mass is 79.9. The van der Waals surface area contributed by atoms with Gasteiger partial charge in [0.15, 0.2) is 0 Å². The second-order valence-electron chi connectivity index (χ2n) is 3.92. The van der Waals surface area contributed by atoms with Crippen LogP contribution in [0.4, 0.5) is 0 Å². The lowest BCUT2D eigenvalue weighted by atomic mass is 9.97. The summed E-state index contributed by atoms with van der Waals surface area (Å²) in [7, 11) is 0. The van der Waals surface area contributed by atoms with Crippen LogP contribution in [0.3, 0.4) is 0 Å². The Hall–Kier alpha value is -0.830. The van der Waals surface area contributed by atoms with Crippen LogP contribution in [0.1, 0.15) is 24.8 Å². The Morgan fingerprint density at radius 2 is 2.40 bits per heavy atom. The smallest absolute Gasteiger partial charge is 0.0970 e. The highest BCUT2D eigenvalue weighted by molar-refractivity contribution is 9.10. The number of hydrogen-bond donors (Lipinski definition) is 1. The Labute approximate surface area is 98.9 Å². The molecule has 0 saturated carbocycles. The number of halogens is 1.